The fraction of sp³-hybridized carbons (Fsp3) is 0.125. The Labute approximate surface area is 121 Å². The summed E-state index contributed by atoms with van der Waals surface area (Å²) >= 11 is 0. The van der Waals surface area contributed by atoms with E-state index >= 15 is 0 Å². The summed E-state index contributed by atoms with van der Waals surface area (Å²) in [5, 5.41) is 12.1. The second-order valence-corrected chi connectivity index (χ2v) is 4.94. The predicted molar refractivity (Wildman–Crippen MR) is 81.6 cm³/mol. The molecule has 1 aromatic heterocycles. The number of aromatic amines is 1. The van der Waals surface area contributed by atoms with Crippen LogP contribution in [0.2, 0.25) is 0 Å². The van der Waals surface area contributed by atoms with Crippen LogP contribution >= 0.6 is 0 Å². The molecule has 0 radical (unpaired) electrons. The van der Waals surface area contributed by atoms with E-state index in [1.807, 2.05) is 25.1 Å². The molecule has 0 amide bonds. The third-order valence-electron chi connectivity index (χ3n) is 3.26. The molecular formula is C16H15N3O2. The van der Waals surface area contributed by atoms with E-state index < -0.39 is 5.97 Å². The largest absolute Gasteiger partial charge is 0.478 e. The van der Waals surface area contributed by atoms with E-state index in [2.05, 4.69) is 21.4 Å². The van der Waals surface area contributed by atoms with Gasteiger partial charge in [-0.1, -0.05) is 12.1 Å². The normalized spacial score (nSPS) is 10.7. The molecule has 3 rings (SSSR count). The Balaban J connectivity index is 1.77. The van der Waals surface area contributed by atoms with Crippen molar-refractivity contribution in [3.63, 3.8) is 0 Å². The number of anilines is 1. The first-order valence-corrected chi connectivity index (χ1v) is 6.64. The lowest BCUT2D eigenvalue weighted by molar-refractivity contribution is 0.0697. The molecule has 3 aromatic rings. The van der Waals surface area contributed by atoms with Crippen molar-refractivity contribution in [2.45, 2.75) is 13.5 Å². The molecule has 0 bridgehead atoms. The van der Waals surface area contributed by atoms with Gasteiger partial charge in [0.05, 0.1) is 23.1 Å². The maximum absolute atomic E-state index is 10.9. The first-order valence-electron chi connectivity index (χ1n) is 6.64. The highest BCUT2D eigenvalue weighted by Gasteiger charge is 2.05. The average Bonchev–Trinajstić information content (AvgIpc) is 2.87. The summed E-state index contributed by atoms with van der Waals surface area (Å²) in [5.41, 5.74) is 4.13. The monoisotopic (exact) mass is 281 g/mol. The predicted octanol–water partition coefficient (Wildman–Crippen LogP) is 3.18. The standard InChI is InChI=1S/C16H15N3O2/c1-10-5-6-13-14(7-10)19-15(18-13)9-17-12-4-2-3-11(8-12)16(20)21/h2-8,17H,9H2,1H3,(H,18,19)(H,20,21). The number of H-pyrrole nitrogens is 1. The topological polar surface area (TPSA) is 78.0 Å². The quantitative estimate of drug-likeness (QED) is 0.686. The number of benzene rings is 2. The molecule has 0 saturated carbocycles. The van der Waals surface area contributed by atoms with E-state index in [0.717, 1.165) is 22.5 Å². The number of carboxylic acids is 1. The molecule has 0 unspecified atom stereocenters. The summed E-state index contributed by atoms with van der Waals surface area (Å²) in [6.45, 7) is 2.55. The molecule has 0 saturated heterocycles. The number of hydrogen-bond acceptors (Lipinski definition) is 3. The molecular weight excluding hydrogens is 266 g/mol. The van der Waals surface area contributed by atoms with Crippen LogP contribution in [0, 0.1) is 6.92 Å². The van der Waals surface area contributed by atoms with Gasteiger partial charge in [0.1, 0.15) is 5.82 Å². The van der Waals surface area contributed by atoms with Gasteiger partial charge in [0.15, 0.2) is 0 Å². The van der Waals surface area contributed by atoms with Crippen molar-refractivity contribution in [3.8, 4) is 0 Å². The van der Waals surface area contributed by atoms with E-state index in [-0.39, 0.29) is 5.56 Å². The van der Waals surface area contributed by atoms with Gasteiger partial charge in [-0.2, -0.15) is 0 Å². The third kappa shape index (κ3) is 2.86. The van der Waals surface area contributed by atoms with Gasteiger partial charge in [-0.15, -0.1) is 0 Å². The zero-order chi connectivity index (χ0) is 14.8. The van der Waals surface area contributed by atoms with Crippen molar-refractivity contribution >= 4 is 22.7 Å². The Hall–Kier alpha value is -2.82. The van der Waals surface area contributed by atoms with Crippen molar-refractivity contribution in [2.75, 3.05) is 5.32 Å². The van der Waals surface area contributed by atoms with Gasteiger partial charge in [-0.3, -0.25) is 0 Å². The number of aromatic nitrogens is 2. The summed E-state index contributed by atoms with van der Waals surface area (Å²) in [5.74, 6) is -0.116. The zero-order valence-corrected chi connectivity index (χ0v) is 11.6. The van der Waals surface area contributed by atoms with Crippen molar-refractivity contribution in [1.82, 2.24) is 9.97 Å². The highest BCUT2D eigenvalue weighted by Crippen LogP contribution is 2.15. The maximum atomic E-state index is 10.9. The number of rotatable bonds is 4. The number of imidazole rings is 1. The Kier molecular flexibility index (Phi) is 3.31. The van der Waals surface area contributed by atoms with Crippen molar-refractivity contribution in [1.29, 1.82) is 0 Å². The van der Waals surface area contributed by atoms with Crippen molar-refractivity contribution < 1.29 is 9.90 Å². The summed E-state index contributed by atoms with van der Waals surface area (Å²) in [6.07, 6.45) is 0. The summed E-state index contributed by atoms with van der Waals surface area (Å²) in [4.78, 5) is 18.7. The SMILES string of the molecule is Cc1ccc2nc(CNc3cccc(C(=O)O)c3)[nH]c2c1. The number of hydrogen-bond donors (Lipinski definition) is 3. The van der Waals surface area contributed by atoms with Crippen molar-refractivity contribution in [3.05, 3.63) is 59.4 Å². The van der Waals surface area contributed by atoms with Crippen LogP contribution in [0.25, 0.3) is 11.0 Å². The zero-order valence-electron chi connectivity index (χ0n) is 11.6. The van der Waals surface area contributed by atoms with Crippen molar-refractivity contribution in [2.24, 2.45) is 0 Å². The molecule has 0 aliphatic carbocycles. The van der Waals surface area contributed by atoms with Crippen LogP contribution < -0.4 is 5.32 Å². The minimum Gasteiger partial charge on any atom is -0.478 e. The Morgan fingerprint density at radius 3 is 2.95 bits per heavy atom. The average molecular weight is 281 g/mol. The summed E-state index contributed by atoms with van der Waals surface area (Å²) in [6, 6.07) is 12.8. The smallest absolute Gasteiger partial charge is 0.335 e. The van der Waals surface area contributed by atoms with Crippen LogP contribution in [0.3, 0.4) is 0 Å². The maximum Gasteiger partial charge on any atom is 0.335 e. The lowest BCUT2D eigenvalue weighted by Gasteiger charge is -2.05. The van der Waals surface area contributed by atoms with Gasteiger partial charge in [0, 0.05) is 5.69 Å². The van der Waals surface area contributed by atoms with Crippen LogP contribution in [0.4, 0.5) is 5.69 Å². The van der Waals surface area contributed by atoms with Gasteiger partial charge in [-0.05, 0) is 42.8 Å². The van der Waals surface area contributed by atoms with Crippen LogP contribution in [-0.4, -0.2) is 21.0 Å². The second-order valence-electron chi connectivity index (χ2n) is 4.94. The van der Waals surface area contributed by atoms with Crippen LogP contribution in [0.5, 0.6) is 0 Å². The third-order valence-corrected chi connectivity index (χ3v) is 3.26. The molecule has 0 atom stereocenters. The minimum atomic E-state index is -0.933. The molecule has 5 heteroatoms. The van der Waals surface area contributed by atoms with Crippen LogP contribution in [0.1, 0.15) is 21.7 Å². The van der Waals surface area contributed by atoms with Gasteiger partial charge in [0.25, 0.3) is 0 Å². The molecule has 106 valence electrons. The van der Waals surface area contributed by atoms with Gasteiger partial charge in [-0.25, -0.2) is 9.78 Å². The van der Waals surface area contributed by atoms with E-state index in [4.69, 9.17) is 5.11 Å². The molecule has 0 spiro atoms. The number of carbonyl (C=O) groups is 1. The van der Waals surface area contributed by atoms with E-state index in [1.54, 1.807) is 18.2 Å². The molecule has 3 N–H and O–H groups in total. The number of nitrogens with one attached hydrogen (secondary N) is 2. The molecule has 21 heavy (non-hydrogen) atoms. The second kappa shape index (κ2) is 5.28. The Bertz CT molecular complexity index is 808. The molecule has 0 aliphatic heterocycles. The van der Waals surface area contributed by atoms with Gasteiger partial charge < -0.3 is 15.4 Å². The first-order chi connectivity index (χ1) is 10.1. The lowest BCUT2D eigenvalue weighted by atomic mass is 10.2. The number of nitrogens with zero attached hydrogens (tertiary/aromatic N) is 1. The fourth-order valence-corrected chi connectivity index (χ4v) is 2.21. The minimum absolute atomic E-state index is 0.264. The number of carboxylic acid groups (broad SMARTS) is 1. The summed E-state index contributed by atoms with van der Waals surface area (Å²) in [7, 11) is 0. The first kappa shape index (κ1) is 13.2. The fourth-order valence-electron chi connectivity index (χ4n) is 2.21. The Morgan fingerprint density at radius 1 is 1.29 bits per heavy atom. The number of aryl methyl sites for hydroxylation is 1. The number of fused-ring (bicyclic) bond motifs is 1. The highest BCUT2D eigenvalue weighted by atomic mass is 16.4. The van der Waals surface area contributed by atoms with E-state index in [9.17, 15) is 4.79 Å². The van der Waals surface area contributed by atoms with E-state index in [0.29, 0.717) is 6.54 Å². The molecule has 1 heterocycles. The molecule has 2 aromatic carbocycles. The van der Waals surface area contributed by atoms with Crippen LogP contribution in [-0.2, 0) is 6.54 Å². The molecule has 0 fully saturated rings. The van der Waals surface area contributed by atoms with Gasteiger partial charge >= 0.3 is 5.97 Å². The molecule has 5 nitrogen and oxygen atoms in total. The summed E-state index contributed by atoms with van der Waals surface area (Å²) < 4.78 is 0. The highest BCUT2D eigenvalue weighted by molar-refractivity contribution is 5.88. The van der Waals surface area contributed by atoms with Gasteiger partial charge in [0.2, 0.25) is 0 Å². The molecule has 0 aliphatic rings. The number of aromatic carboxylic acids is 1. The Morgan fingerprint density at radius 2 is 2.14 bits per heavy atom. The van der Waals surface area contributed by atoms with Crippen LogP contribution in [0.15, 0.2) is 42.5 Å². The lowest BCUT2D eigenvalue weighted by Crippen LogP contribution is -2.03. The van der Waals surface area contributed by atoms with E-state index in [1.165, 1.54) is 5.56 Å².